The third-order valence-electron chi connectivity index (χ3n) is 4.27. The molecule has 0 saturated carbocycles. The van der Waals surface area contributed by atoms with Gasteiger partial charge in [-0.3, -0.25) is 0 Å². The van der Waals surface area contributed by atoms with E-state index in [0.717, 1.165) is 16.7 Å². The lowest BCUT2D eigenvalue weighted by Crippen LogP contribution is -2.15. The molecule has 0 aromatic heterocycles. The van der Waals surface area contributed by atoms with Gasteiger partial charge in [0.15, 0.2) is 0 Å². The van der Waals surface area contributed by atoms with Crippen LogP contribution in [-0.4, -0.2) is 5.97 Å². The van der Waals surface area contributed by atoms with Gasteiger partial charge in [-0.15, -0.1) is 0 Å². The monoisotopic (exact) mass is 322 g/mol. The smallest absolute Gasteiger partial charge is 0.337 e. The number of fused-ring (bicyclic) bond motifs is 5. The zero-order valence-electron chi connectivity index (χ0n) is 14.2. The highest BCUT2D eigenvalue weighted by molar-refractivity contribution is 5.91. The molecule has 0 unspecified atom stereocenters. The predicted molar refractivity (Wildman–Crippen MR) is 93.4 cm³/mol. The van der Waals surface area contributed by atoms with E-state index in [9.17, 15) is 4.79 Å². The predicted octanol–water partition coefficient (Wildman–Crippen LogP) is 5.07. The van der Waals surface area contributed by atoms with Gasteiger partial charge in [-0.2, -0.15) is 0 Å². The Bertz CT molecular complexity index is 749. The molecule has 4 rings (SSSR count). The Morgan fingerprint density at radius 1 is 1.00 bits per heavy atom. The molecule has 0 spiro atoms. The van der Waals surface area contributed by atoms with Crippen molar-refractivity contribution in [2.45, 2.75) is 39.1 Å². The fraction of sp³-hybridized carbons (Fsp3) is 0.286. The molecule has 3 nitrogen and oxygen atoms in total. The van der Waals surface area contributed by atoms with E-state index in [1.165, 1.54) is 0 Å². The van der Waals surface area contributed by atoms with Crippen LogP contribution in [0.25, 0.3) is 0 Å². The average Bonchev–Trinajstić information content (AvgIpc) is 3.24. The van der Waals surface area contributed by atoms with Gasteiger partial charge in [-0.05, 0) is 29.7 Å². The van der Waals surface area contributed by atoms with Crippen LogP contribution in [0.2, 0.25) is 0 Å². The summed E-state index contributed by atoms with van der Waals surface area (Å²) in [6.45, 7) is 5.88. The molecule has 2 aromatic rings. The fourth-order valence-corrected chi connectivity index (χ4v) is 3.12. The molecule has 0 saturated heterocycles. The van der Waals surface area contributed by atoms with E-state index >= 15 is 0 Å². The van der Waals surface area contributed by atoms with Gasteiger partial charge < -0.3 is 9.47 Å². The SMILES string of the molecule is CC.C[C@@H](OC(=O)C1=C[C@H]2O[C@@H]1c1ccccc12)c1ccccc1. The summed E-state index contributed by atoms with van der Waals surface area (Å²) in [5.41, 5.74) is 3.84. The maximum Gasteiger partial charge on any atom is 0.337 e. The summed E-state index contributed by atoms with van der Waals surface area (Å²) >= 11 is 0. The molecule has 2 aliphatic rings. The van der Waals surface area contributed by atoms with Crippen molar-refractivity contribution in [3.8, 4) is 0 Å². The van der Waals surface area contributed by atoms with Crippen molar-refractivity contribution in [3.05, 3.63) is 82.9 Å². The zero-order valence-corrected chi connectivity index (χ0v) is 14.2. The molecule has 0 radical (unpaired) electrons. The first-order valence-electron chi connectivity index (χ1n) is 8.46. The summed E-state index contributed by atoms with van der Waals surface area (Å²) in [5.74, 6) is -0.293. The van der Waals surface area contributed by atoms with Crippen LogP contribution in [0.1, 0.15) is 55.8 Å². The Balaban J connectivity index is 0.000000815. The number of hydrogen-bond acceptors (Lipinski definition) is 3. The van der Waals surface area contributed by atoms with Gasteiger partial charge in [0, 0.05) is 0 Å². The highest BCUT2D eigenvalue weighted by Crippen LogP contribution is 2.50. The van der Waals surface area contributed by atoms with Crippen LogP contribution < -0.4 is 0 Å². The largest absolute Gasteiger partial charge is 0.454 e. The normalized spacial score (nSPS) is 21.2. The summed E-state index contributed by atoms with van der Waals surface area (Å²) in [5, 5.41) is 0. The van der Waals surface area contributed by atoms with Crippen molar-refractivity contribution >= 4 is 5.97 Å². The van der Waals surface area contributed by atoms with Crippen molar-refractivity contribution in [3.63, 3.8) is 0 Å². The molecule has 0 aliphatic carbocycles. The van der Waals surface area contributed by atoms with Crippen molar-refractivity contribution in [2.75, 3.05) is 0 Å². The van der Waals surface area contributed by atoms with Gasteiger partial charge in [0.25, 0.3) is 0 Å². The first-order valence-corrected chi connectivity index (χ1v) is 8.46. The number of carbonyl (C=O) groups is 1. The molecule has 0 fully saturated rings. The molecule has 3 atom stereocenters. The number of rotatable bonds is 3. The molecule has 124 valence electrons. The lowest BCUT2D eigenvalue weighted by Gasteiger charge is -2.17. The third-order valence-corrected chi connectivity index (χ3v) is 4.27. The molecule has 3 heteroatoms. The Morgan fingerprint density at radius 2 is 1.62 bits per heavy atom. The second-order valence-corrected chi connectivity index (χ2v) is 5.65. The Kier molecular flexibility index (Phi) is 4.81. The lowest BCUT2D eigenvalue weighted by molar-refractivity contribution is -0.144. The van der Waals surface area contributed by atoms with E-state index in [-0.39, 0.29) is 24.3 Å². The van der Waals surface area contributed by atoms with Gasteiger partial charge in [0.1, 0.15) is 18.3 Å². The minimum absolute atomic E-state index is 0.115. The molecule has 0 amide bonds. The Hall–Kier alpha value is -2.39. The van der Waals surface area contributed by atoms with Crippen LogP contribution in [0.4, 0.5) is 0 Å². The van der Waals surface area contributed by atoms with Crippen molar-refractivity contribution in [1.29, 1.82) is 0 Å². The molecule has 2 aliphatic heterocycles. The number of esters is 1. The molecule has 2 bridgehead atoms. The zero-order chi connectivity index (χ0) is 17.1. The van der Waals surface area contributed by atoms with Crippen LogP contribution in [0.3, 0.4) is 0 Å². The minimum atomic E-state index is -0.293. The summed E-state index contributed by atoms with van der Waals surface area (Å²) in [7, 11) is 0. The summed E-state index contributed by atoms with van der Waals surface area (Å²) in [4.78, 5) is 12.5. The fourth-order valence-electron chi connectivity index (χ4n) is 3.12. The van der Waals surface area contributed by atoms with E-state index in [4.69, 9.17) is 9.47 Å². The highest BCUT2D eigenvalue weighted by atomic mass is 16.6. The minimum Gasteiger partial charge on any atom is -0.454 e. The molecule has 0 N–H and O–H groups in total. The van der Waals surface area contributed by atoms with Crippen LogP contribution in [0, 0.1) is 0 Å². The van der Waals surface area contributed by atoms with E-state index in [2.05, 4.69) is 0 Å². The van der Waals surface area contributed by atoms with E-state index in [1.54, 1.807) is 0 Å². The van der Waals surface area contributed by atoms with Crippen molar-refractivity contribution in [1.82, 2.24) is 0 Å². The van der Waals surface area contributed by atoms with Gasteiger partial charge in [-0.1, -0.05) is 68.4 Å². The standard InChI is InChI=1S/C19H16O3.C2H6/c1-12(13-7-3-2-4-8-13)21-19(20)16-11-17-14-9-5-6-10-15(14)18(16)22-17;1-2/h2-12,17-18H,1H3;1-2H3/t12-,17-,18-;/m1./s1. The summed E-state index contributed by atoms with van der Waals surface area (Å²) in [6, 6.07) is 17.8. The second-order valence-electron chi connectivity index (χ2n) is 5.65. The Labute approximate surface area is 142 Å². The van der Waals surface area contributed by atoms with Crippen LogP contribution >= 0.6 is 0 Å². The van der Waals surface area contributed by atoms with Crippen LogP contribution in [0.15, 0.2) is 66.2 Å². The number of benzene rings is 2. The summed E-state index contributed by atoms with van der Waals surface area (Å²) in [6.07, 6.45) is 1.21. The second kappa shape index (κ2) is 7.02. The lowest BCUT2D eigenvalue weighted by atomic mass is 9.91. The molecular weight excluding hydrogens is 300 g/mol. The number of carbonyl (C=O) groups excluding carboxylic acids is 1. The topological polar surface area (TPSA) is 35.5 Å². The first-order chi connectivity index (χ1) is 11.7. The first kappa shape index (κ1) is 16.5. The van der Waals surface area contributed by atoms with Gasteiger partial charge >= 0.3 is 5.97 Å². The summed E-state index contributed by atoms with van der Waals surface area (Å²) < 4.78 is 11.5. The maximum absolute atomic E-state index is 12.5. The van der Waals surface area contributed by atoms with Gasteiger partial charge in [0.05, 0.1) is 5.57 Å². The highest BCUT2D eigenvalue weighted by Gasteiger charge is 2.42. The number of ether oxygens (including phenoxy) is 2. The Morgan fingerprint density at radius 3 is 2.33 bits per heavy atom. The van der Waals surface area contributed by atoms with Crippen LogP contribution in [-0.2, 0) is 14.3 Å². The van der Waals surface area contributed by atoms with E-state index in [1.807, 2.05) is 81.4 Å². The van der Waals surface area contributed by atoms with Gasteiger partial charge in [-0.25, -0.2) is 4.79 Å². The van der Waals surface area contributed by atoms with Crippen molar-refractivity contribution < 1.29 is 14.3 Å². The van der Waals surface area contributed by atoms with E-state index < -0.39 is 0 Å². The third kappa shape index (κ3) is 2.87. The van der Waals surface area contributed by atoms with Crippen LogP contribution in [0.5, 0.6) is 0 Å². The van der Waals surface area contributed by atoms with E-state index in [0.29, 0.717) is 5.57 Å². The van der Waals surface area contributed by atoms with Crippen molar-refractivity contribution in [2.24, 2.45) is 0 Å². The molecule has 2 aromatic carbocycles. The average molecular weight is 322 g/mol. The quantitative estimate of drug-likeness (QED) is 0.740. The molecule has 24 heavy (non-hydrogen) atoms. The molecule has 2 heterocycles. The van der Waals surface area contributed by atoms with Gasteiger partial charge in [0.2, 0.25) is 0 Å². The number of hydrogen-bond donors (Lipinski definition) is 0. The maximum atomic E-state index is 12.5. The molecular formula is C21H22O3.